The van der Waals surface area contributed by atoms with Gasteiger partial charge in [0.25, 0.3) is 0 Å². The number of aromatic amines is 1. The van der Waals surface area contributed by atoms with E-state index in [0.717, 1.165) is 16.7 Å². The zero-order chi connectivity index (χ0) is 12.5. The van der Waals surface area contributed by atoms with Gasteiger partial charge in [-0.15, -0.1) is 0 Å². The third kappa shape index (κ3) is 1.88. The van der Waals surface area contributed by atoms with Gasteiger partial charge in [-0.2, -0.15) is 0 Å². The fourth-order valence-corrected chi connectivity index (χ4v) is 2.11. The Kier molecular flexibility index (Phi) is 2.59. The number of rotatable bonds is 2. The number of hydrogen-bond donors (Lipinski definition) is 1. The number of fused-ring (bicyclic) bond motifs is 1. The van der Waals surface area contributed by atoms with Gasteiger partial charge < -0.3 is 9.72 Å². The van der Waals surface area contributed by atoms with Crippen molar-refractivity contribution in [1.29, 1.82) is 0 Å². The predicted molar refractivity (Wildman–Crippen MR) is 67.9 cm³/mol. The fraction of sp³-hybridized carbons (Fsp3) is 0.308. The second kappa shape index (κ2) is 4.25. The van der Waals surface area contributed by atoms with Crippen LogP contribution in [0.15, 0.2) is 29.3 Å². The summed E-state index contributed by atoms with van der Waals surface area (Å²) in [6, 6.07) is 7.73. The number of benzene rings is 1. The summed E-state index contributed by atoms with van der Waals surface area (Å²) in [6.07, 6.45) is 0.703. The minimum absolute atomic E-state index is 0.188. The van der Waals surface area contributed by atoms with E-state index in [0.29, 0.717) is 19.0 Å². The fourth-order valence-electron chi connectivity index (χ4n) is 2.11. The van der Waals surface area contributed by atoms with Crippen LogP contribution in [0.1, 0.15) is 13.3 Å². The molecule has 1 aliphatic heterocycles. The number of para-hydroxylation sites is 2. The zero-order valence-corrected chi connectivity index (χ0v) is 10.0. The summed E-state index contributed by atoms with van der Waals surface area (Å²) in [4.78, 5) is 23.3. The van der Waals surface area contributed by atoms with Crippen LogP contribution in [0.5, 0.6) is 0 Å². The molecular formula is C13H13N3O2. The summed E-state index contributed by atoms with van der Waals surface area (Å²) < 4.78 is 4.93. The number of aromatic nitrogens is 2. The first-order valence-electron chi connectivity index (χ1n) is 5.90. The number of carbonyl (C=O) groups is 1. The van der Waals surface area contributed by atoms with Gasteiger partial charge in [0.2, 0.25) is 5.95 Å². The van der Waals surface area contributed by atoms with Crippen LogP contribution in [0.25, 0.3) is 11.0 Å². The number of H-pyrrole nitrogens is 1. The van der Waals surface area contributed by atoms with Crippen molar-refractivity contribution in [2.24, 2.45) is 10.9 Å². The van der Waals surface area contributed by atoms with Gasteiger partial charge in [-0.05, 0) is 19.1 Å². The van der Waals surface area contributed by atoms with Gasteiger partial charge in [0.05, 0.1) is 23.6 Å². The SMILES string of the molecule is CC(=Nc1nc2ccccc2[nH]1)[C@H]1CCOC1=O. The van der Waals surface area contributed by atoms with Crippen LogP contribution in [0, 0.1) is 5.92 Å². The molecule has 1 N–H and O–H groups in total. The number of imidazole rings is 1. The quantitative estimate of drug-likeness (QED) is 0.649. The van der Waals surface area contributed by atoms with E-state index in [-0.39, 0.29) is 11.9 Å². The molecule has 92 valence electrons. The van der Waals surface area contributed by atoms with Crippen molar-refractivity contribution in [3.8, 4) is 0 Å². The summed E-state index contributed by atoms with van der Waals surface area (Å²) in [5.41, 5.74) is 2.56. The van der Waals surface area contributed by atoms with Crippen LogP contribution in [0.2, 0.25) is 0 Å². The van der Waals surface area contributed by atoms with Crippen LogP contribution < -0.4 is 0 Å². The van der Waals surface area contributed by atoms with Gasteiger partial charge in [-0.3, -0.25) is 4.79 Å². The van der Waals surface area contributed by atoms with Crippen molar-refractivity contribution in [2.45, 2.75) is 13.3 Å². The minimum Gasteiger partial charge on any atom is -0.465 e. The van der Waals surface area contributed by atoms with Crippen LogP contribution >= 0.6 is 0 Å². The number of hydrogen-bond acceptors (Lipinski definition) is 4. The highest BCUT2D eigenvalue weighted by Crippen LogP contribution is 2.20. The molecule has 2 aromatic rings. The topological polar surface area (TPSA) is 67.3 Å². The molecule has 1 atom stereocenters. The molecule has 5 heteroatoms. The van der Waals surface area contributed by atoms with Gasteiger partial charge in [0.15, 0.2) is 0 Å². The van der Waals surface area contributed by atoms with E-state index >= 15 is 0 Å². The number of nitrogens with one attached hydrogen (secondary N) is 1. The largest absolute Gasteiger partial charge is 0.465 e. The first kappa shape index (κ1) is 11.0. The lowest BCUT2D eigenvalue weighted by Crippen LogP contribution is -2.16. The summed E-state index contributed by atoms with van der Waals surface area (Å²) in [7, 11) is 0. The van der Waals surface area contributed by atoms with Crippen LogP contribution in [-0.2, 0) is 9.53 Å². The highest BCUT2D eigenvalue weighted by atomic mass is 16.5. The molecular weight excluding hydrogens is 230 g/mol. The molecule has 1 aromatic carbocycles. The molecule has 18 heavy (non-hydrogen) atoms. The van der Waals surface area contributed by atoms with E-state index in [1.807, 2.05) is 31.2 Å². The predicted octanol–water partition coefficient (Wildman–Crippen LogP) is 2.22. The normalized spacial score (nSPS) is 20.4. The molecule has 0 amide bonds. The standard InChI is InChI=1S/C13H13N3O2/c1-8(9-6-7-18-12(9)17)14-13-15-10-4-2-3-5-11(10)16-13/h2-5,9H,6-7H2,1H3,(H,15,16)/t9-/m1/s1. The number of aliphatic imine (C=N–C) groups is 1. The lowest BCUT2D eigenvalue weighted by molar-refractivity contribution is -0.139. The summed E-state index contributed by atoms with van der Waals surface area (Å²) in [5, 5.41) is 0. The zero-order valence-electron chi connectivity index (χ0n) is 10.0. The highest BCUT2D eigenvalue weighted by molar-refractivity contribution is 6.02. The monoisotopic (exact) mass is 243 g/mol. The van der Waals surface area contributed by atoms with Crippen molar-refractivity contribution < 1.29 is 9.53 Å². The summed E-state index contributed by atoms with van der Waals surface area (Å²) in [5.74, 6) is 0.124. The van der Waals surface area contributed by atoms with Crippen molar-refractivity contribution >= 4 is 28.7 Å². The van der Waals surface area contributed by atoms with Gasteiger partial charge in [0, 0.05) is 12.1 Å². The molecule has 0 aliphatic carbocycles. The third-order valence-corrected chi connectivity index (χ3v) is 3.10. The summed E-state index contributed by atoms with van der Waals surface area (Å²) in [6.45, 7) is 2.32. The Morgan fingerprint density at radius 1 is 1.50 bits per heavy atom. The Labute approximate surface area is 104 Å². The molecule has 0 unspecified atom stereocenters. The Morgan fingerprint density at radius 3 is 3.06 bits per heavy atom. The van der Waals surface area contributed by atoms with E-state index in [4.69, 9.17) is 4.74 Å². The van der Waals surface area contributed by atoms with E-state index in [2.05, 4.69) is 15.0 Å². The van der Waals surface area contributed by atoms with Gasteiger partial charge in [-0.25, -0.2) is 9.98 Å². The van der Waals surface area contributed by atoms with Crippen LogP contribution in [0.3, 0.4) is 0 Å². The first-order chi connectivity index (χ1) is 8.74. The van der Waals surface area contributed by atoms with E-state index in [9.17, 15) is 4.79 Å². The lowest BCUT2D eigenvalue weighted by atomic mass is 10.0. The molecule has 0 bridgehead atoms. The summed E-state index contributed by atoms with van der Waals surface area (Å²) >= 11 is 0. The number of ether oxygens (including phenoxy) is 1. The Hall–Kier alpha value is -2.17. The number of carbonyl (C=O) groups excluding carboxylic acids is 1. The van der Waals surface area contributed by atoms with Gasteiger partial charge in [-0.1, -0.05) is 12.1 Å². The molecule has 0 radical (unpaired) electrons. The molecule has 5 nitrogen and oxygen atoms in total. The number of nitrogens with zero attached hydrogens (tertiary/aromatic N) is 2. The minimum atomic E-state index is -0.224. The van der Waals surface area contributed by atoms with E-state index in [1.54, 1.807) is 0 Å². The lowest BCUT2D eigenvalue weighted by Gasteiger charge is -2.02. The average Bonchev–Trinajstić information content (AvgIpc) is 2.94. The van der Waals surface area contributed by atoms with Crippen molar-refractivity contribution in [3.63, 3.8) is 0 Å². The molecule has 3 rings (SSSR count). The molecule has 2 heterocycles. The average molecular weight is 243 g/mol. The highest BCUT2D eigenvalue weighted by Gasteiger charge is 2.29. The molecule has 1 saturated heterocycles. The van der Waals surface area contributed by atoms with Crippen LogP contribution in [-0.4, -0.2) is 28.3 Å². The first-order valence-corrected chi connectivity index (χ1v) is 5.90. The molecule has 0 spiro atoms. The third-order valence-electron chi connectivity index (χ3n) is 3.10. The second-order valence-corrected chi connectivity index (χ2v) is 4.34. The smallest absolute Gasteiger partial charge is 0.314 e. The van der Waals surface area contributed by atoms with Crippen molar-refractivity contribution in [3.05, 3.63) is 24.3 Å². The maximum atomic E-state index is 11.4. The van der Waals surface area contributed by atoms with Gasteiger partial charge in [0.1, 0.15) is 0 Å². The van der Waals surface area contributed by atoms with E-state index in [1.165, 1.54) is 0 Å². The molecule has 1 aliphatic rings. The van der Waals surface area contributed by atoms with Gasteiger partial charge >= 0.3 is 5.97 Å². The second-order valence-electron chi connectivity index (χ2n) is 4.34. The Morgan fingerprint density at radius 2 is 2.33 bits per heavy atom. The Bertz CT molecular complexity index is 597. The van der Waals surface area contributed by atoms with Crippen LogP contribution in [0.4, 0.5) is 5.95 Å². The van der Waals surface area contributed by atoms with Crippen molar-refractivity contribution in [2.75, 3.05) is 6.61 Å². The van der Waals surface area contributed by atoms with Crippen molar-refractivity contribution in [1.82, 2.24) is 9.97 Å². The maximum Gasteiger partial charge on any atom is 0.314 e. The molecule has 0 saturated carbocycles. The van der Waals surface area contributed by atoms with E-state index < -0.39 is 0 Å². The molecule has 1 fully saturated rings. The Balaban J connectivity index is 1.92. The molecule has 1 aromatic heterocycles. The number of esters is 1. The maximum absolute atomic E-state index is 11.4. The number of cyclic esters (lactones) is 1.